The summed E-state index contributed by atoms with van der Waals surface area (Å²) in [6.45, 7) is 5.21. The molecule has 0 saturated carbocycles. The molecule has 1 aliphatic heterocycles. The van der Waals surface area contributed by atoms with Gasteiger partial charge in [-0.3, -0.25) is 24.3 Å². The molecule has 1 N–H and O–H groups in total. The molecule has 12 nitrogen and oxygen atoms in total. The molecule has 0 bridgehead atoms. The molecule has 220 valence electrons. The number of methoxy groups -OCH3 is 1. The second kappa shape index (κ2) is 12.2. The number of rotatable bonds is 8. The lowest BCUT2D eigenvalue weighted by Crippen LogP contribution is -2.39. The summed E-state index contributed by atoms with van der Waals surface area (Å²) in [7, 11) is 1.54. The van der Waals surface area contributed by atoms with Crippen molar-refractivity contribution in [1.82, 2.24) is 14.5 Å². The number of aromatic nitrogens is 3. The number of aromatic amines is 1. The molecule has 4 aromatic rings. The number of thiazole rings is 1. The topological polar surface area (TPSA) is 159 Å². The first kappa shape index (κ1) is 29.7. The Bertz CT molecular complexity index is 2030. The largest absolute Gasteiger partial charge is 0.497 e. The number of esters is 1. The molecule has 3 heterocycles. The molecule has 43 heavy (non-hydrogen) atoms. The molecule has 14 heteroatoms. The predicted molar refractivity (Wildman–Crippen MR) is 160 cm³/mol. The van der Waals surface area contributed by atoms with Crippen molar-refractivity contribution >= 4 is 40.8 Å². The Morgan fingerprint density at radius 3 is 2.58 bits per heavy atom. The lowest BCUT2D eigenvalue weighted by Gasteiger charge is -2.24. The second-order valence-corrected chi connectivity index (χ2v) is 11.4. The zero-order valence-corrected chi connectivity index (χ0v) is 25.1. The summed E-state index contributed by atoms with van der Waals surface area (Å²) in [6, 6.07) is 11.8. The Balaban J connectivity index is 1.70. The zero-order valence-electron chi connectivity index (χ0n) is 23.4. The fraction of sp³-hybridized carbons (Fsp3) is 0.207. The molecule has 0 fully saturated rings. The van der Waals surface area contributed by atoms with Crippen LogP contribution in [0.1, 0.15) is 36.7 Å². The van der Waals surface area contributed by atoms with Crippen molar-refractivity contribution in [2.24, 2.45) is 4.99 Å². The molecule has 0 saturated heterocycles. The maximum atomic E-state index is 14.0. The van der Waals surface area contributed by atoms with Crippen LogP contribution >= 0.6 is 23.1 Å². The highest BCUT2D eigenvalue weighted by Gasteiger charge is 2.33. The van der Waals surface area contributed by atoms with Crippen LogP contribution in [0.4, 0.5) is 5.69 Å². The number of H-pyrrole nitrogens is 1. The Labute approximate surface area is 252 Å². The van der Waals surface area contributed by atoms with Gasteiger partial charge in [0.05, 0.1) is 40.5 Å². The summed E-state index contributed by atoms with van der Waals surface area (Å²) < 4.78 is 12.3. The second-order valence-electron chi connectivity index (χ2n) is 9.35. The number of ether oxygens (including phenoxy) is 2. The Hall–Kier alpha value is -4.82. The summed E-state index contributed by atoms with van der Waals surface area (Å²) in [4.78, 5) is 62.7. The molecule has 1 aliphatic rings. The summed E-state index contributed by atoms with van der Waals surface area (Å²) in [5, 5.41) is 11.9. The lowest BCUT2D eigenvalue weighted by molar-refractivity contribution is -0.384. The van der Waals surface area contributed by atoms with Crippen molar-refractivity contribution < 1.29 is 19.2 Å². The number of benzene rings is 2. The van der Waals surface area contributed by atoms with E-state index < -0.39 is 22.5 Å². The van der Waals surface area contributed by atoms with Gasteiger partial charge >= 0.3 is 5.97 Å². The molecule has 0 unspecified atom stereocenters. The van der Waals surface area contributed by atoms with Crippen LogP contribution in [-0.2, 0) is 9.53 Å². The summed E-state index contributed by atoms with van der Waals surface area (Å²) in [5.74, 6) is 0.0190. The number of allylic oxidation sites excluding steroid dienone is 1. The minimum absolute atomic E-state index is 0.143. The molecule has 0 spiro atoms. The van der Waals surface area contributed by atoms with Crippen LogP contribution in [0.3, 0.4) is 0 Å². The first-order valence-corrected chi connectivity index (χ1v) is 14.6. The average Bonchev–Trinajstić information content (AvgIpc) is 3.26. The van der Waals surface area contributed by atoms with Gasteiger partial charge < -0.3 is 14.5 Å². The minimum Gasteiger partial charge on any atom is -0.497 e. The van der Waals surface area contributed by atoms with E-state index in [1.54, 1.807) is 58.2 Å². The van der Waals surface area contributed by atoms with Crippen molar-refractivity contribution in [3.05, 3.63) is 117 Å². The van der Waals surface area contributed by atoms with Crippen molar-refractivity contribution in [2.45, 2.75) is 36.9 Å². The molecule has 1 atom stereocenters. The lowest BCUT2D eigenvalue weighted by atomic mass is 9.96. The van der Waals surface area contributed by atoms with Crippen molar-refractivity contribution in [2.75, 3.05) is 13.7 Å². The number of hydrogen-bond donors (Lipinski definition) is 1. The van der Waals surface area contributed by atoms with E-state index in [0.29, 0.717) is 43.1 Å². The Morgan fingerprint density at radius 1 is 1.19 bits per heavy atom. The standard InChI is InChI=1S/C29H25N5O7S2/c1-5-41-27(37)24-16(3)31-29-33(25(24)17-6-9-20(40-4)10-7-17)26(36)22(43-29)14-18-13-19(34(38)39)8-11-21(18)42-28-30-15(2)12-23(35)32-28/h6-14,25H,5H2,1-4H3,(H,30,32,35)/b22-14+/t25-/m0/s1. The van der Waals surface area contributed by atoms with Gasteiger partial charge in [0.15, 0.2) is 9.96 Å². The molecular weight excluding hydrogens is 594 g/mol. The number of nitro groups is 1. The minimum atomic E-state index is -0.830. The van der Waals surface area contributed by atoms with Crippen molar-refractivity contribution in [3.8, 4) is 5.75 Å². The van der Waals surface area contributed by atoms with Gasteiger partial charge in [0.1, 0.15) is 5.75 Å². The van der Waals surface area contributed by atoms with Gasteiger partial charge in [-0.25, -0.2) is 14.8 Å². The fourth-order valence-corrected chi connectivity index (χ4v) is 6.55. The van der Waals surface area contributed by atoms with Crippen molar-refractivity contribution in [1.29, 1.82) is 0 Å². The highest BCUT2D eigenvalue weighted by atomic mass is 32.2. The maximum Gasteiger partial charge on any atom is 0.338 e. The van der Waals surface area contributed by atoms with Gasteiger partial charge in [0.2, 0.25) is 0 Å². The Morgan fingerprint density at radius 2 is 1.93 bits per heavy atom. The fourth-order valence-electron chi connectivity index (χ4n) is 4.59. The number of nitrogens with zero attached hydrogens (tertiary/aromatic N) is 4. The van der Waals surface area contributed by atoms with Crippen LogP contribution in [0.2, 0.25) is 0 Å². The van der Waals surface area contributed by atoms with E-state index in [9.17, 15) is 24.5 Å². The molecule has 5 rings (SSSR count). The monoisotopic (exact) mass is 619 g/mol. The first-order chi connectivity index (χ1) is 20.6. The zero-order chi connectivity index (χ0) is 30.8. The highest BCUT2D eigenvalue weighted by Crippen LogP contribution is 2.33. The molecule has 2 aromatic heterocycles. The number of non-ortho nitro benzene ring substituents is 1. The van der Waals surface area contributed by atoms with Gasteiger partial charge in [-0.1, -0.05) is 35.2 Å². The normalized spacial score (nSPS) is 14.7. The van der Waals surface area contributed by atoms with Crippen LogP contribution in [-0.4, -0.2) is 39.1 Å². The predicted octanol–water partition coefficient (Wildman–Crippen LogP) is 3.26. The van der Waals surface area contributed by atoms with Gasteiger partial charge in [-0.15, -0.1) is 0 Å². The average molecular weight is 620 g/mol. The van der Waals surface area contributed by atoms with Gasteiger partial charge in [0, 0.05) is 28.8 Å². The van der Waals surface area contributed by atoms with Crippen LogP contribution in [0.15, 0.2) is 84.4 Å². The van der Waals surface area contributed by atoms with E-state index in [1.165, 1.54) is 28.8 Å². The van der Waals surface area contributed by atoms with Gasteiger partial charge in [-0.05, 0) is 56.2 Å². The van der Waals surface area contributed by atoms with Crippen LogP contribution in [0.25, 0.3) is 6.08 Å². The first-order valence-electron chi connectivity index (χ1n) is 13.0. The quantitative estimate of drug-likeness (QED) is 0.135. The van der Waals surface area contributed by atoms with E-state index in [-0.39, 0.29) is 28.0 Å². The SMILES string of the molecule is CCOC(=O)C1=C(C)N=c2s/c(=C/c3cc([N+](=O)[O-])ccc3Sc3nc(C)cc(=O)[nH]3)c(=O)n2[C@H]1c1ccc(OC)cc1. The van der Waals surface area contributed by atoms with Gasteiger partial charge in [0.25, 0.3) is 16.8 Å². The molecule has 0 aliphatic carbocycles. The summed E-state index contributed by atoms with van der Waals surface area (Å²) in [5.41, 5.74) is 1.21. The third-order valence-electron chi connectivity index (χ3n) is 6.49. The summed E-state index contributed by atoms with van der Waals surface area (Å²) in [6.07, 6.45) is 1.54. The van der Waals surface area contributed by atoms with Gasteiger partial charge in [-0.2, -0.15) is 0 Å². The Kier molecular flexibility index (Phi) is 8.41. The number of carbonyl (C=O) groups is 1. The molecule has 0 amide bonds. The van der Waals surface area contributed by atoms with Crippen LogP contribution in [0, 0.1) is 17.0 Å². The number of nitrogens with one attached hydrogen (secondary N) is 1. The van der Waals surface area contributed by atoms with Crippen LogP contribution < -0.4 is 25.2 Å². The number of carbonyl (C=O) groups excluding carboxylic acids is 1. The maximum absolute atomic E-state index is 14.0. The molecule has 2 aromatic carbocycles. The third-order valence-corrected chi connectivity index (χ3v) is 8.46. The number of nitro benzene ring substituents is 1. The van der Waals surface area contributed by atoms with E-state index in [4.69, 9.17) is 9.47 Å². The number of hydrogen-bond acceptors (Lipinski definition) is 11. The molecule has 0 radical (unpaired) electrons. The van der Waals surface area contributed by atoms with Crippen LogP contribution in [0.5, 0.6) is 5.75 Å². The van der Waals surface area contributed by atoms with E-state index >= 15 is 0 Å². The third kappa shape index (κ3) is 6.05. The summed E-state index contributed by atoms with van der Waals surface area (Å²) >= 11 is 2.20. The highest BCUT2D eigenvalue weighted by molar-refractivity contribution is 7.99. The van der Waals surface area contributed by atoms with Crippen molar-refractivity contribution in [3.63, 3.8) is 0 Å². The van der Waals surface area contributed by atoms with E-state index in [1.807, 2.05) is 0 Å². The number of aryl methyl sites for hydroxylation is 1. The number of fused-ring (bicyclic) bond motifs is 1. The molecular formula is C29H25N5O7S2. The van der Waals surface area contributed by atoms with E-state index in [0.717, 1.165) is 23.1 Å². The smallest absolute Gasteiger partial charge is 0.338 e. The van der Waals surface area contributed by atoms with E-state index in [2.05, 4.69) is 15.0 Å².